The Morgan fingerprint density at radius 3 is 3.00 bits per heavy atom. The number of rotatable bonds is 5. The van der Waals surface area contributed by atoms with Gasteiger partial charge in [0.15, 0.2) is 5.13 Å². The number of para-hydroxylation sites is 1. The van der Waals surface area contributed by atoms with E-state index in [1.165, 1.54) is 10.3 Å². The standard InChI is InChI=1S/C13H17N3OS/c1-3-14-11(17)7-8-15-13-16-12-9(2)5-4-6-10(12)18-13/h4-6H,3,7-8H2,1-2H3,(H,14,17)(H,15,16). The van der Waals surface area contributed by atoms with Crippen LogP contribution in [0.3, 0.4) is 0 Å². The van der Waals surface area contributed by atoms with Crippen LogP contribution in [0.1, 0.15) is 18.9 Å². The average Bonchev–Trinajstić information content (AvgIpc) is 2.74. The van der Waals surface area contributed by atoms with Crippen molar-refractivity contribution < 1.29 is 4.79 Å². The van der Waals surface area contributed by atoms with Crippen molar-refractivity contribution >= 4 is 32.6 Å². The number of anilines is 1. The van der Waals surface area contributed by atoms with Gasteiger partial charge in [-0.25, -0.2) is 4.98 Å². The first-order chi connectivity index (χ1) is 8.70. The van der Waals surface area contributed by atoms with E-state index in [4.69, 9.17) is 0 Å². The summed E-state index contributed by atoms with van der Waals surface area (Å²) in [7, 11) is 0. The number of amides is 1. The maximum absolute atomic E-state index is 11.3. The van der Waals surface area contributed by atoms with Gasteiger partial charge in [0.1, 0.15) is 0 Å². The van der Waals surface area contributed by atoms with Gasteiger partial charge in [-0.1, -0.05) is 23.5 Å². The van der Waals surface area contributed by atoms with Crippen LogP contribution in [0.25, 0.3) is 10.2 Å². The lowest BCUT2D eigenvalue weighted by atomic mass is 10.2. The molecule has 4 nitrogen and oxygen atoms in total. The van der Waals surface area contributed by atoms with E-state index in [1.807, 2.05) is 13.0 Å². The van der Waals surface area contributed by atoms with Crippen molar-refractivity contribution in [3.8, 4) is 0 Å². The molecular formula is C13H17N3OS. The smallest absolute Gasteiger partial charge is 0.221 e. The second-order valence-corrected chi connectivity index (χ2v) is 5.10. The zero-order valence-corrected chi connectivity index (χ0v) is 11.4. The van der Waals surface area contributed by atoms with Gasteiger partial charge >= 0.3 is 0 Å². The van der Waals surface area contributed by atoms with Gasteiger partial charge < -0.3 is 10.6 Å². The highest BCUT2D eigenvalue weighted by Gasteiger charge is 2.05. The van der Waals surface area contributed by atoms with Crippen LogP contribution in [0.4, 0.5) is 5.13 Å². The number of carbonyl (C=O) groups is 1. The van der Waals surface area contributed by atoms with Crippen LogP contribution in [0.2, 0.25) is 0 Å². The number of hydrogen-bond donors (Lipinski definition) is 2. The molecule has 1 aromatic heterocycles. The maximum Gasteiger partial charge on any atom is 0.221 e. The number of carbonyl (C=O) groups excluding carboxylic acids is 1. The normalized spacial score (nSPS) is 10.6. The number of fused-ring (bicyclic) bond motifs is 1. The molecule has 5 heteroatoms. The first kappa shape index (κ1) is 12.8. The van der Waals surface area contributed by atoms with Crippen molar-refractivity contribution in [1.82, 2.24) is 10.3 Å². The quantitative estimate of drug-likeness (QED) is 0.871. The summed E-state index contributed by atoms with van der Waals surface area (Å²) in [6, 6.07) is 6.16. The fourth-order valence-corrected chi connectivity index (χ4v) is 2.70. The van der Waals surface area contributed by atoms with Crippen molar-refractivity contribution in [2.24, 2.45) is 0 Å². The van der Waals surface area contributed by atoms with Crippen molar-refractivity contribution in [3.05, 3.63) is 23.8 Å². The van der Waals surface area contributed by atoms with Gasteiger partial charge in [-0.15, -0.1) is 0 Å². The highest BCUT2D eigenvalue weighted by atomic mass is 32.1. The van der Waals surface area contributed by atoms with E-state index in [-0.39, 0.29) is 5.91 Å². The lowest BCUT2D eigenvalue weighted by Crippen LogP contribution is -2.24. The zero-order chi connectivity index (χ0) is 13.0. The zero-order valence-electron chi connectivity index (χ0n) is 10.6. The summed E-state index contributed by atoms with van der Waals surface area (Å²) >= 11 is 1.62. The molecule has 18 heavy (non-hydrogen) atoms. The molecule has 1 amide bonds. The van der Waals surface area contributed by atoms with Crippen molar-refractivity contribution in [3.63, 3.8) is 0 Å². The van der Waals surface area contributed by atoms with Gasteiger partial charge in [-0.3, -0.25) is 4.79 Å². The summed E-state index contributed by atoms with van der Waals surface area (Å²) in [5, 5.41) is 6.85. The minimum Gasteiger partial charge on any atom is -0.361 e. The number of nitrogens with zero attached hydrogens (tertiary/aromatic N) is 1. The number of nitrogens with one attached hydrogen (secondary N) is 2. The monoisotopic (exact) mass is 263 g/mol. The Morgan fingerprint density at radius 2 is 2.28 bits per heavy atom. The summed E-state index contributed by atoms with van der Waals surface area (Å²) in [6.45, 7) is 5.27. The van der Waals surface area contributed by atoms with Crippen molar-refractivity contribution in [2.45, 2.75) is 20.3 Å². The summed E-state index contributed by atoms with van der Waals surface area (Å²) in [5.41, 5.74) is 2.23. The molecule has 0 radical (unpaired) electrons. The Labute approximate surface area is 110 Å². The van der Waals surface area contributed by atoms with E-state index in [1.54, 1.807) is 11.3 Å². The lowest BCUT2D eigenvalue weighted by molar-refractivity contribution is -0.120. The van der Waals surface area contributed by atoms with Gasteiger partial charge in [-0.2, -0.15) is 0 Å². The minimum atomic E-state index is 0.0716. The number of benzene rings is 1. The largest absolute Gasteiger partial charge is 0.361 e. The van der Waals surface area contributed by atoms with Crippen molar-refractivity contribution in [1.29, 1.82) is 0 Å². The lowest BCUT2D eigenvalue weighted by Gasteiger charge is -2.02. The Kier molecular flexibility index (Phi) is 4.15. The van der Waals surface area contributed by atoms with Gasteiger partial charge in [0.2, 0.25) is 5.91 Å². The summed E-state index contributed by atoms with van der Waals surface area (Å²) < 4.78 is 1.18. The first-order valence-electron chi connectivity index (χ1n) is 6.07. The third kappa shape index (κ3) is 2.98. The van der Waals surface area contributed by atoms with Gasteiger partial charge in [0.05, 0.1) is 10.2 Å². The minimum absolute atomic E-state index is 0.0716. The Bertz CT molecular complexity index is 550. The molecule has 0 fully saturated rings. The van der Waals surface area contributed by atoms with Crippen LogP contribution in [0.5, 0.6) is 0 Å². The number of aryl methyl sites for hydroxylation is 1. The van der Waals surface area contributed by atoms with Crippen LogP contribution in [-0.4, -0.2) is 24.0 Å². The summed E-state index contributed by atoms with van der Waals surface area (Å²) in [4.78, 5) is 15.8. The van der Waals surface area contributed by atoms with Gasteiger partial charge in [0.25, 0.3) is 0 Å². The maximum atomic E-state index is 11.3. The predicted octanol–water partition coefficient (Wildman–Crippen LogP) is 2.54. The molecule has 0 bridgehead atoms. The molecular weight excluding hydrogens is 246 g/mol. The molecule has 0 unspecified atom stereocenters. The third-order valence-electron chi connectivity index (χ3n) is 2.62. The van der Waals surface area contributed by atoms with Crippen LogP contribution in [0.15, 0.2) is 18.2 Å². The second-order valence-electron chi connectivity index (χ2n) is 4.07. The SMILES string of the molecule is CCNC(=O)CCNc1nc2c(C)cccc2s1. The third-order valence-corrected chi connectivity index (χ3v) is 3.60. The van der Waals surface area contributed by atoms with E-state index in [9.17, 15) is 4.79 Å². The predicted molar refractivity (Wildman–Crippen MR) is 76.1 cm³/mol. The first-order valence-corrected chi connectivity index (χ1v) is 6.89. The highest BCUT2D eigenvalue weighted by molar-refractivity contribution is 7.22. The fraction of sp³-hybridized carbons (Fsp3) is 0.385. The number of hydrogen-bond acceptors (Lipinski definition) is 4. The molecule has 1 heterocycles. The molecule has 0 aliphatic rings. The molecule has 96 valence electrons. The van der Waals surface area contributed by atoms with Gasteiger partial charge in [-0.05, 0) is 25.5 Å². The number of aromatic nitrogens is 1. The van der Waals surface area contributed by atoms with Crippen LogP contribution >= 0.6 is 11.3 Å². The molecule has 0 aliphatic heterocycles. The van der Waals surface area contributed by atoms with Crippen LogP contribution in [0, 0.1) is 6.92 Å². The molecule has 0 saturated heterocycles. The van der Waals surface area contributed by atoms with E-state index in [0.29, 0.717) is 19.5 Å². The Morgan fingerprint density at radius 1 is 1.44 bits per heavy atom. The van der Waals surface area contributed by atoms with Crippen LogP contribution < -0.4 is 10.6 Å². The average molecular weight is 263 g/mol. The molecule has 2 rings (SSSR count). The molecule has 0 atom stereocenters. The summed E-state index contributed by atoms with van der Waals surface area (Å²) in [6.07, 6.45) is 0.475. The highest BCUT2D eigenvalue weighted by Crippen LogP contribution is 2.27. The van der Waals surface area contributed by atoms with E-state index >= 15 is 0 Å². The van der Waals surface area contributed by atoms with E-state index < -0.39 is 0 Å². The van der Waals surface area contributed by atoms with E-state index in [2.05, 4.69) is 34.7 Å². The molecule has 0 aliphatic carbocycles. The second kappa shape index (κ2) is 5.82. The van der Waals surface area contributed by atoms with Gasteiger partial charge in [0, 0.05) is 19.5 Å². The summed E-state index contributed by atoms with van der Waals surface area (Å²) in [5.74, 6) is 0.0716. The number of thiazole rings is 1. The topological polar surface area (TPSA) is 54.0 Å². The molecule has 0 saturated carbocycles. The Hall–Kier alpha value is -1.62. The molecule has 2 aromatic rings. The fourth-order valence-electron chi connectivity index (χ4n) is 1.73. The molecule has 0 spiro atoms. The van der Waals surface area contributed by atoms with E-state index in [0.717, 1.165) is 10.6 Å². The van der Waals surface area contributed by atoms with Crippen LogP contribution in [-0.2, 0) is 4.79 Å². The van der Waals surface area contributed by atoms with Crippen molar-refractivity contribution in [2.75, 3.05) is 18.4 Å². The molecule has 2 N–H and O–H groups in total. The Balaban J connectivity index is 1.96. The molecule has 1 aromatic carbocycles.